The Bertz CT molecular complexity index is 2960. The second kappa shape index (κ2) is 18.8. The molecule has 4 aromatic heterocycles. The number of ether oxygens (including phenoxy) is 3. The Kier molecular flexibility index (Phi) is 13.7. The van der Waals surface area contributed by atoms with Gasteiger partial charge in [-0.15, -0.1) is 0 Å². The van der Waals surface area contributed by atoms with Gasteiger partial charge in [-0.3, -0.25) is 9.59 Å². The lowest BCUT2D eigenvalue weighted by atomic mass is 9.97. The summed E-state index contributed by atoms with van der Waals surface area (Å²) in [6.07, 6.45) is 5.80. The molecule has 0 spiro atoms. The van der Waals surface area contributed by atoms with E-state index in [2.05, 4.69) is 25.5 Å². The van der Waals surface area contributed by atoms with Crippen molar-refractivity contribution in [3.8, 4) is 0 Å². The van der Waals surface area contributed by atoms with Gasteiger partial charge in [0.05, 0.1) is 42.7 Å². The molecule has 2 aromatic carbocycles. The molecular weight excluding hydrogens is 861 g/mol. The Morgan fingerprint density at radius 2 is 1.19 bits per heavy atom. The number of carbonyl (C=O) groups is 6. The van der Waals surface area contributed by atoms with E-state index in [1.54, 1.807) is 36.2 Å². The van der Waals surface area contributed by atoms with Crippen molar-refractivity contribution in [1.29, 1.82) is 0 Å². The summed E-state index contributed by atoms with van der Waals surface area (Å²) < 4.78 is 18.5. The number of hydrogen-bond acceptors (Lipinski definition) is 13. The number of hydrogen-bond donors (Lipinski definition) is 2. The minimum atomic E-state index is -1.22. The summed E-state index contributed by atoms with van der Waals surface area (Å²) >= 11 is 0. The standard InChI is InChI=1S/2C24H26N4O5.CH4/c1-13-14-8-9-18(16(14)7-6-15(13)23(32)33-24(2,3)4)27(5)21(29)19-12-17(22(30)31)26-20-10-11-25-28(19)20;1-13-14-8-9-17(16(14)7-6-15(13)22(30)33-24(2,3)4)27-21(29)19-12-18(23(31)32-5)26-20-10-11-25-28(19)20;/h6-7,10-12,18H,8-9H2,1-5H3,(H,30,31);6-7,10-12,17H,8-9H2,1-5H3,(H,27,29);1H4/t18-;17-;/m00./s1. The van der Waals surface area contributed by atoms with Crippen LogP contribution in [-0.4, -0.2) is 100 Å². The van der Waals surface area contributed by atoms with Gasteiger partial charge >= 0.3 is 23.9 Å². The first-order valence-corrected chi connectivity index (χ1v) is 21.4. The minimum absolute atomic E-state index is 0. The van der Waals surface area contributed by atoms with E-state index in [-0.39, 0.29) is 71.7 Å². The number of nitrogens with one attached hydrogen (secondary N) is 1. The Balaban J connectivity index is 0.000000218. The molecule has 8 rings (SSSR count). The predicted molar refractivity (Wildman–Crippen MR) is 245 cm³/mol. The molecule has 0 radical (unpaired) electrons. The van der Waals surface area contributed by atoms with Crippen LogP contribution in [0.5, 0.6) is 0 Å². The number of carboxylic acid groups (broad SMARTS) is 1. The zero-order valence-corrected chi connectivity index (χ0v) is 38.5. The van der Waals surface area contributed by atoms with Gasteiger partial charge in [0.2, 0.25) is 0 Å². The van der Waals surface area contributed by atoms with Gasteiger partial charge in [0.25, 0.3) is 11.8 Å². The van der Waals surface area contributed by atoms with E-state index >= 15 is 0 Å². The molecule has 0 saturated heterocycles. The number of amides is 2. The highest BCUT2D eigenvalue weighted by Crippen LogP contribution is 2.39. The normalized spacial score (nSPS) is 15.1. The molecule has 2 N–H and O–H groups in total. The van der Waals surface area contributed by atoms with E-state index in [1.165, 1.54) is 40.7 Å². The maximum absolute atomic E-state index is 13.4. The molecule has 2 aliphatic carbocycles. The molecule has 0 bridgehead atoms. The number of methoxy groups -OCH3 is 1. The maximum atomic E-state index is 13.4. The third-order valence-electron chi connectivity index (χ3n) is 11.5. The van der Waals surface area contributed by atoms with Crippen molar-refractivity contribution in [2.45, 2.75) is 112 Å². The number of benzene rings is 2. The molecule has 0 unspecified atom stereocenters. The second-order valence-electron chi connectivity index (χ2n) is 18.2. The predicted octanol–water partition coefficient (Wildman–Crippen LogP) is 7.28. The van der Waals surface area contributed by atoms with Crippen molar-refractivity contribution >= 4 is 47.0 Å². The monoisotopic (exact) mass is 916 g/mol. The molecule has 352 valence electrons. The fourth-order valence-electron chi connectivity index (χ4n) is 8.41. The Morgan fingerprint density at radius 1 is 0.701 bits per heavy atom. The van der Waals surface area contributed by atoms with Gasteiger partial charge in [0.15, 0.2) is 22.7 Å². The number of rotatable bonds is 8. The highest BCUT2D eigenvalue weighted by Gasteiger charge is 2.34. The molecule has 0 fully saturated rings. The van der Waals surface area contributed by atoms with E-state index in [9.17, 15) is 33.9 Å². The largest absolute Gasteiger partial charge is 0.477 e. The van der Waals surface area contributed by atoms with Crippen molar-refractivity contribution in [3.05, 3.63) is 128 Å². The topological polar surface area (TPSA) is 226 Å². The molecule has 18 nitrogen and oxygen atoms in total. The van der Waals surface area contributed by atoms with E-state index < -0.39 is 23.1 Å². The number of carboxylic acids is 1. The molecule has 0 saturated carbocycles. The number of aromatic carboxylic acids is 1. The van der Waals surface area contributed by atoms with Crippen molar-refractivity contribution in [1.82, 2.24) is 39.4 Å². The maximum Gasteiger partial charge on any atom is 0.356 e. The molecule has 4 heterocycles. The zero-order chi connectivity index (χ0) is 48.0. The van der Waals surface area contributed by atoms with Gasteiger partial charge in [-0.05, 0) is 127 Å². The Morgan fingerprint density at radius 3 is 1.73 bits per heavy atom. The lowest BCUT2D eigenvalue weighted by molar-refractivity contribution is 0.00559. The summed E-state index contributed by atoms with van der Waals surface area (Å²) in [6.45, 7) is 14.8. The molecule has 2 amide bonds. The van der Waals surface area contributed by atoms with E-state index in [0.29, 0.717) is 36.0 Å². The molecule has 0 aliphatic heterocycles. The van der Waals surface area contributed by atoms with Gasteiger partial charge < -0.3 is 29.5 Å². The first-order chi connectivity index (χ1) is 31.1. The summed E-state index contributed by atoms with van der Waals surface area (Å²) in [5, 5.41) is 20.7. The summed E-state index contributed by atoms with van der Waals surface area (Å²) in [5.41, 5.74) is 6.40. The molecule has 2 aliphatic rings. The van der Waals surface area contributed by atoms with Gasteiger partial charge in [0, 0.05) is 31.3 Å². The fraction of sp³-hybridized carbons (Fsp3) is 0.388. The summed E-state index contributed by atoms with van der Waals surface area (Å²) in [6, 6.07) is 12.6. The van der Waals surface area contributed by atoms with Crippen LogP contribution in [0.1, 0.15) is 170 Å². The minimum Gasteiger partial charge on any atom is -0.477 e. The lowest BCUT2D eigenvalue weighted by Crippen LogP contribution is -2.32. The molecular formula is C49H56N8O10. The zero-order valence-electron chi connectivity index (χ0n) is 38.5. The third kappa shape index (κ3) is 10.0. The summed E-state index contributed by atoms with van der Waals surface area (Å²) in [7, 11) is 2.95. The van der Waals surface area contributed by atoms with Gasteiger partial charge in [-0.25, -0.2) is 38.2 Å². The average Bonchev–Trinajstić information content (AvgIpc) is 4.08. The van der Waals surface area contributed by atoms with Gasteiger partial charge in [-0.1, -0.05) is 19.6 Å². The molecule has 2 atom stereocenters. The van der Waals surface area contributed by atoms with Crippen LogP contribution in [0, 0.1) is 13.8 Å². The van der Waals surface area contributed by atoms with Crippen molar-refractivity contribution in [2.75, 3.05) is 14.2 Å². The van der Waals surface area contributed by atoms with Crippen LogP contribution in [0.4, 0.5) is 0 Å². The third-order valence-corrected chi connectivity index (χ3v) is 11.5. The summed E-state index contributed by atoms with van der Waals surface area (Å²) in [5.74, 6) is -3.32. The van der Waals surface area contributed by atoms with Crippen LogP contribution in [0.3, 0.4) is 0 Å². The SMILES string of the molecule is C.COC(=O)c1cc(C(=O)N[C@H]2CCc3c2ccc(C(=O)OC(C)(C)C)c3C)n2nccc2n1.Cc1c(C(=O)OC(C)(C)C)ccc2c1CC[C@@H]2N(C)C(=O)c1cc(C(=O)O)nc2ccnn12. The first kappa shape index (κ1) is 48.9. The van der Waals surface area contributed by atoms with E-state index in [1.807, 2.05) is 67.5 Å². The Labute approximate surface area is 387 Å². The Hall–Kier alpha value is -7.50. The van der Waals surface area contributed by atoms with Crippen LogP contribution < -0.4 is 5.32 Å². The van der Waals surface area contributed by atoms with Crippen LogP contribution >= 0.6 is 0 Å². The molecule has 6 aromatic rings. The van der Waals surface area contributed by atoms with Gasteiger partial charge in [0.1, 0.15) is 22.6 Å². The van der Waals surface area contributed by atoms with Crippen molar-refractivity contribution < 1.29 is 48.1 Å². The quantitative estimate of drug-likeness (QED) is 0.113. The number of carbonyl (C=O) groups excluding carboxylic acids is 5. The average molecular weight is 917 g/mol. The van der Waals surface area contributed by atoms with Gasteiger partial charge in [-0.2, -0.15) is 10.2 Å². The number of fused-ring (bicyclic) bond motifs is 4. The second-order valence-corrected chi connectivity index (χ2v) is 18.2. The van der Waals surface area contributed by atoms with Crippen LogP contribution in [-0.2, 0) is 27.1 Å². The van der Waals surface area contributed by atoms with Crippen LogP contribution in [0.15, 0.2) is 60.9 Å². The lowest BCUT2D eigenvalue weighted by Gasteiger charge is -2.26. The first-order valence-electron chi connectivity index (χ1n) is 21.4. The molecule has 18 heteroatoms. The van der Waals surface area contributed by atoms with Crippen LogP contribution in [0.2, 0.25) is 0 Å². The van der Waals surface area contributed by atoms with Crippen LogP contribution in [0.25, 0.3) is 11.3 Å². The van der Waals surface area contributed by atoms with Crippen molar-refractivity contribution in [2.24, 2.45) is 0 Å². The molecule has 67 heavy (non-hydrogen) atoms. The van der Waals surface area contributed by atoms with E-state index in [4.69, 9.17) is 14.2 Å². The highest BCUT2D eigenvalue weighted by atomic mass is 16.6. The summed E-state index contributed by atoms with van der Waals surface area (Å²) in [4.78, 5) is 85.1. The van der Waals surface area contributed by atoms with E-state index in [0.717, 1.165) is 39.8 Å². The fourth-order valence-corrected chi connectivity index (χ4v) is 8.41. The smallest absolute Gasteiger partial charge is 0.356 e. The van der Waals surface area contributed by atoms with Crippen molar-refractivity contribution in [3.63, 3.8) is 0 Å². The number of nitrogens with zero attached hydrogens (tertiary/aromatic N) is 7. The highest BCUT2D eigenvalue weighted by molar-refractivity contribution is 5.98. The number of aromatic nitrogens is 6. The number of esters is 3.